The molecule has 5 nitrogen and oxygen atoms in total. The van der Waals surface area contributed by atoms with Crippen LogP contribution in [0.2, 0.25) is 0 Å². The lowest BCUT2D eigenvalue weighted by atomic mass is 9.86. The number of aliphatic hydroxyl groups is 3. The molecule has 1 amide bonds. The molecule has 0 aliphatic heterocycles. The van der Waals surface area contributed by atoms with E-state index in [1.807, 2.05) is 6.08 Å². The number of hydrogen-bond acceptors (Lipinski definition) is 4. The van der Waals surface area contributed by atoms with Gasteiger partial charge in [-0.1, -0.05) is 57.4 Å². The van der Waals surface area contributed by atoms with E-state index in [-0.39, 0.29) is 30.6 Å². The monoisotopic (exact) mass is 395 g/mol. The van der Waals surface area contributed by atoms with Gasteiger partial charge in [-0.05, 0) is 49.9 Å². The highest BCUT2D eigenvalue weighted by molar-refractivity contribution is 5.75. The van der Waals surface area contributed by atoms with Gasteiger partial charge in [-0.2, -0.15) is 0 Å². The standard InChI is InChI=1S/C23H41NO4/c1-3-4-7-10-19(26)13-14-20-18(2)17-22(27)21(20)11-8-5-6-9-12-23(28)24-15-16-25/h5,8,13-14,18-22,25-27H,3-4,6-7,9-12,15-17H2,1-2H3,(H,24,28)/b8-5-,14-13+/t18-,19+,20+,21-,22+/m1/s1. The molecule has 1 saturated carbocycles. The van der Waals surface area contributed by atoms with Crippen molar-refractivity contribution in [3.8, 4) is 0 Å². The summed E-state index contributed by atoms with van der Waals surface area (Å²) < 4.78 is 0. The Bertz CT molecular complexity index is 477. The molecule has 1 aliphatic rings. The Balaban J connectivity index is 2.39. The van der Waals surface area contributed by atoms with Crippen molar-refractivity contribution >= 4 is 5.91 Å². The van der Waals surface area contributed by atoms with Crippen molar-refractivity contribution in [2.24, 2.45) is 17.8 Å². The van der Waals surface area contributed by atoms with Crippen molar-refractivity contribution in [2.75, 3.05) is 13.2 Å². The summed E-state index contributed by atoms with van der Waals surface area (Å²) in [4.78, 5) is 11.5. The van der Waals surface area contributed by atoms with Gasteiger partial charge in [0.1, 0.15) is 0 Å². The summed E-state index contributed by atoms with van der Waals surface area (Å²) in [7, 11) is 0. The second kappa shape index (κ2) is 14.8. The van der Waals surface area contributed by atoms with Crippen LogP contribution < -0.4 is 5.32 Å². The highest BCUT2D eigenvalue weighted by Gasteiger charge is 2.37. The van der Waals surface area contributed by atoms with Gasteiger partial charge in [0.2, 0.25) is 5.91 Å². The predicted molar refractivity (Wildman–Crippen MR) is 114 cm³/mol. The fraction of sp³-hybridized carbons (Fsp3) is 0.783. The molecule has 162 valence electrons. The van der Waals surface area contributed by atoms with E-state index in [1.165, 1.54) is 0 Å². The fourth-order valence-electron chi connectivity index (χ4n) is 4.03. The van der Waals surface area contributed by atoms with Crippen LogP contribution in [0.5, 0.6) is 0 Å². The summed E-state index contributed by atoms with van der Waals surface area (Å²) >= 11 is 0. The third-order valence-corrected chi connectivity index (χ3v) is 5.70. The molecular formula is C23H41NO4. The topological polar surface area (TPSA) is 89.8 Å². The molecule has 0 bridgehead atoms. The van der Waals surface area contributed by atoms with E-state index in [0.717, 1.165) is 51.4 Å². The summed E-state index contributed by atoms with van der Waals surface area (Å²) in [5.41, 5.74) is 0. The first-order valence-electron chi connectivity index (χ1n) is 11.1. The number of unbranched alkanes of at least 4 members (excludes halogenated alkanes) is 3. The van der Waals surface area contributed by atoms with E-state index in [2.05, 4.69) is 37.4 Å². The quantitative estimate of drug-likeness (QED) is 0.268. The third-order valence-electron chi connectivity index (χ3n) is 5.70. The predicted octanol–water partition coefficient (Wildman–Crippen LogP) is 3.34. The van der Waals surface area contributed by atoms with Crippen molar-refractivity contribution in [3.05, 3.63) is 24.3 Å². The number of carbonyl (C=O) groups is 1. The Labute approximate surface area is 170 Å². The molecule has 0 aromatic rings. The molecule has 0 spiro atoms. The van der Waals surface area contributed by atoms with Crippen LogP contribution in [0, 0.1) is 17.8 Å². The Morgan fingerprint density at radius 3 is 2.75 bits per heavy atom. The number of aliphatic hydroxyl groups excluding tert-OH is 3. The van der Waals surface area contributed by atoms with Crippen LogP contribution in [0.4, 0.5) is 0 Å². The molecule has 1 rings (SSSR count). The van der Waals surface area contributed by atoms with Crippen LogP contribution in [0.3, 0.4) is 0 Å². The zero-order valence-corrected chi connectivity index (χ0v) is 17.7. The Hall–Kier alpha value is -1.17. The van der Waals surface area contributed by atoms with Gasteiger partial charge in [0.05, 0.1) is 18.8 Å². The smallest absolute Gasteiger partial charge is 0.220 e. The molecule has 0 aromatic carbocycles. The third kappa shape index (κ3) is 9.85. The number of hydrogen-bond donors (Lipinski definition) is 4. The number of allylic oxidation sites excluding steroid dienone is 3. The molecule has 5 atom stereocenters. The maximum absolute atomic E-state index is 11.5. The summed E-state index contributed by atoms with van der Waals surface area (Å²) in [5.74, 6) is 0.885. The van der Waals surface area contributed by atoms with Crippen molar-refractivity contribution in [2.45, 2.75) is 83.8 Å². The van der Waals surface area contributed by atoms with Crippen molar-refractivity contribution in [1.29, 1.82) is 0 Å². The van der Waals surface area contributed by atoms with E-state index in [0.29, 0.717) is 24.8 Å². The van der Waals surface area contributed by atoms with Gasteiger partial charge in [-0.25, -0.2) is 0 Å². The first kappa shape index (κ1) is 24.9. The van der Waals surface area contributed by atoms with E-state index in [9.17, 15) is 15.0 Å². The molecule has 1 aliphatic carbocycles. The molecule has 5 heteroatoms. The summed E-state index contributed by atoms with van der Waals surface area (Å²) in [5, 5.41) is 31.9. The largest absolute Gasteiger partial charge is 0.395 e. The SMILES string of the molecule is CCCCC[C@H](O)/C=C/[C@@H]1[C@@H](C/C=C\CCCC(=O)NCCO)[C@@H](O)C[C@H]1C. The van der Waals surface area contributed by atoms with Crippen molar-refractivity contribution in [3.63, 3.8) is 0 Å². The Morgan fingerprint density at radius 2 is 2.04 bits per heavy atom. The molecule has 28 heavy (non-hydrogen) atoms. The minimum absolute atomic E-state index is 0.0230. The summed E-state index contributed by atoms with van der Waals surface area (Å²) in [6, 6.07) is 0. The Morgan fingerprint density at radius 1 is 1.25 bits per heavy atom. The van der Waals surface area contributed by atoms with Gasteiger partial charge in [0.25, 0.3) is 0 Å². The normalized spacial score (nSPS) is 26.3. The lowest BCUT2D eigenvalue weighted by Gasteiger charge is -2.20. The molecule has 0 aromatic heterocycles. The average Bonchev–Trinajstić information content (AvgIpc) is 2.94. The minimum Gasteiger partial charge on any atom is -0.395 e. The minimum atomic E-state index is -0.385. The Kier molecular flexibility index (Phi) is 13.1. The van der Waals surface area contributed by atoms with Crippen molar-refractivity contribution in [1.82, 2.24) is 5.32 Å². The van der Waals surface area contributed by atoms with Gasteiger partial charge in [-0.15, -0.1) is 0 Å². The first-order valence-corrected chi connectivity index (χ1v) is 11.1. The highest BCUT2D eigenvalue weighted by atomic mass is 16.3. The summed E-state index contributed by atoms with van der Waals surface area (Å²) in [6.07, 6.45) is 15.5. The molecule has 1 fully saturated rings. The number of amides is 1. The van der Waals surface area contributed by atoms with Gasteiger partial charge >= 0.3 is 0 Å². The zero-order chi connectivity index (χ0) is 20.8. The van der Waals surface area contributed by atoms with Gasteiger partial charge < -0.3 is 20.6 Å². The average molecular weight is 396 g/mol. The number of nitrogens with one attached hydrogen (secondary N) is 1. The number of rotatable bonds is 14. The molecule has 0 unspecified atom stereocenters. The van der Waals surface area contributed by atoms with Gasteiger partial charge in [0, 0.05) is 13.0 Å². The lowest BCUT2D eigenvalue weighted by Crippen LogP contribution is -2.25. The van der Waals surface area contributed by atoms with Crippen LogP contribution in [0.1, 0.15) is 71.6 Å². The molecule has 0 heterocycles. The van der Waals surface area contributed by atoms with Crippen molar-refractivity contribution < 1.29 is 20.1 Å². The first-order chi connectivity index (χ1) is 13.5. The van der Waals surface area contributed by atoms with Crippen LogP contribution in [-0.2, 0) is 4.79 Å². The fourth-order valence-corrected chi connectivity index (χ4v) is 4.03. The maximum atomic E-state index is 11.5. The van der Waals surface area contributed by atoms with Gasteiger partial charge in [-0.3, -0.25) is 4.79 Å². The second-order valence-electron chi connectivity index (χ2n) is 8.14. The number of carbonyl (C=O) groups excluding carboxylic acids is 1. The second-order valence-corrected chi connectivity index (χ2v) is 8.14. The van der Waals surface area contributed by atoms with E-state index in [4.69, 9.17) is 5.11 Å². The maximum Gasteiger partial charge on any atom is 0.220 e. The van der Waals surface area contributed by atoms with Gasteiger partial charge in [0.15, 0.2) is 0 Å². The molecular weight excluding hydrogens is 354 g/mol. The van der Waals surface area contributed by atoms with E-state index < -0.39 is 0 Å². The zero-order valence-electron chi connectivity index (χ0n) is 17.7. The van der Waals surface area contributed by atoms with Crippen LogP contribution in [0.25, 0.3) is 0 Å². The molecule has 0 saturated heterocycles. The van der Waals surface area contributed by atoms with Crippen LogP contribution in [-0.4, -0.2) is 46.6 Å². The highest BCUT2D eigenvalue weighted by Crippen LogP contribution is 2.40. The van der Waals surface area contributed by atoms with E-state index in [1.54, 1.807) is 0 Å². The van der Waals surface area contributed by atoms with Crippen LogP contribution >= 0.6 is 0 Å². The van der Waals surface area contributed by atoms with Crippen LogP contribution in [0.15, 0.2) is 24.3 Å². The van der Waals surface area contributed by atoms with E-state index >= 15 is 0 Å². The lowest BCUT2D eigenvalue weighted by molar-refractivity contribution is -0.121. The molecule has 4 N–H and O–H groups in total. The molecule has 0 radical (unpaired) electrons. The summed E-state index contributed by atoms with van der Waals surface area (Å²) in [6.45, 7) is 4.62.